The topological polar surface area (TPSA) is 130 Å². The van der Waals surface area contributed by atoms with Crippen LogP contribution in [-0.2, 0) is 31.0 Å². The number of amides is 1. The van der Waals surface area contributed by atoms with Gasteiger partial charge >= 0.3 is 5.69 Å². The molecule has 0 radical (unpaired) electrons. The lowest BCUT2D eigenvalue weighted by atomic mass is 9.96. The third-order valence-corrected chi connectivity index (χ3v) is 5.81. The summed E-state index contributed by atoms with van der Waals surface area (Å²) in [5.74, 6) is 0.924. The van der Waals surface area contributed by atoms with Crippen molar-refractivity contribution in [1.29, 1.82) is 0 Å². The molecule has 1 amide bonds. The number of nitrogens with zero attached hydrogens (tertiary/aromatic N) is 6. The number of hydrogen-bond acceptors (Lipinski definition) is 7. The van der Waals surface area contributed by atoms with Gasteiger partial charge in [0, 0.05) is 34.0 Å². The molecule has 0 unspecified atom stereocenters. The van der Waals surface area contributed by atoms with Crippen LogP contribution in [0.5, 0.6) is 0 Å². The van der Waals surface area contributed by atoms with Crippen molar-refractivity contribution < 1.29 is 9.32 Å². The summed E-state index contributed by atoms with van der Waals surface area (Å²) < 4.78 is 9.21. The molecule has 0 aliphatic heterocycles. The molecule has 0 bridgehead atoms. The number of rotatable bonds is 6. The minimum absolute atomic E-state index is 0.0934. The van der Waals surface area contributed by atoms with Gasteiger partial charge in [0.25, 0.3) is 5.56 Å². The van der Waals surface area contributed by atoms with Crippen molar-refractivity contribution in [2.45, 2.75) is 57.5 Å². The first kappa shape index (κ1) is 20.0. The predicted octanol–water partition coefficient (Wildman–Crippen LogP) is 0.491. The van der Waals surface area contributed by atoms with E-state index in [9.17, 15) is 14.4 Å². The summed E-state index contributed by atoms with van der Waals surface area (Å²) in [6, 6.07) is 0. The molecule has 4 rings (SSSR count). The normalized spacial score (nSPS) is 15.7. The molecule has 3 aromatic rings. The fraction of sp³-hybridized carbons (Fsp3) is 0.579. The van der Waals surface area contributed by atoms with Gasteiger partial charge in [-0.3, -0.25) is 18.7 Å². The van der Waals surface area contributed by atoms with Crippen LogP contribution in [0.25, 0.3) is 11.2 Å². The smallest absolute Gasteiger partial charge is 0.332 e. The van der Waals surface area contributed by atoms with Gasteiger partial charge in [-0.25, -0.2) is 9.78 Å². The fourth-order valence-electron chi connectivity index (χ4n) is 4.18. The Balaban J connectivity index is 1.45. The number of carbonyl (C=O) groups excluding carboxylic acids is 1. The van der Waals surface area contributed by atoms with Crippen molar-refractivity contribution in [1.82, 2.24) is 34.1 Å². The third kappa shape index (κ3) is 3.33. The van der Waals surface area contributed by atoms with Crippen molar-refractivity contribution in [2.75, 3.05) is 0 Å². The first-order valence-electron chi connectivity index (χ1n) is 10.0. The van der Waals surface area contributed by atoms with E-state index in [4.69, 9.17) is 4.52 Å². The highest BCUT2D eigenvalue weighted by Gasteiger charge is 2.41. The molecular weight excluding hydrogens is 390 g/mol. The van der Waals surface area contributed by atoms with E-state index in [1.807, 2.05) is 0 Å². The van der Waals surface area contributed by atoms with Crippen LogP contribution < -0.4 is 16.6 Å². The highest BCUT2D eigenvalue weighted by Crippen LogP contribution is 2.37. The maximum atomic E-state index is 12.7. The lowest BCUT2D eigenvalue weighted by Crippen LogP contribution is -2.44. The van der Waals surface area contributed by atoms with Gasteiger partial charge in [-0.05, 0) is 19.3 Å². The molecule has 0 atom stereocenters. The molecule has 1 aliphatic rings. The number of hydrogen-bond donors (Lipinski definition) is 1. The molecule has 30 heavy (non-hydrogen) atoms. The number of aromatic nitrogens is 6. The van der Waals surface area contributed by atoms with E-state index in [0.29, 0.717) is 35.8 Å². The standard InChI is InChI=1S/C19H25N7O4/c1-12-21-17(23-30-12)19(8-4-5-9-19)22-13(27)7-6-10-26-11-20-15-14(26)16(28)25(3)18(29)24(15)2/h11H,4-10H2,1-3H3,(H,22,27). The largest absolute Gasteiger partial charge is 0.343 e. The van der Waals surface area contributed by atoms with Crippen LogP contribution in [0.4, 0.5) is 0 Å². The average Bonchev–Trinajstić information content (AvgIpc) is 3.45. The summed E-state index contributed by atoms with van der Waals surface area (Å²) in [7, 11) is 3.02. The van der Waals surface area contributed by atoms with Gasteiger partial charge < -0.3 is 14.4 Å². The SMILES string of the molecule is Cc1nc(C2(NC(=O)CCCn3cnc4c3c(=O)n(C)c(=O)n4C)CCCC2)no1. The molecule has 1 N–H and O–H groups in total. The summed E-state index contributed by atoms with van der Waals surface area (Å²) >= 11 is 0. The molecule has 11 heteroatoms. The van der Waals surface area contributed by atoms with E-state index in [1.165, 1.54) is 17.9 Å². The Bertz CT molecular complexity index is 1210. The van der Waals surface area contributed by atoms with Crippen molar-refractivity contribution in [3.8, 4) is 0 Å². The van der Waals surface area contributed by atoms with Crippen LogP contribution in [0.2, 0.25) is 0 Å². The monoisotopic (exact) mass is 415 g/mol. The maximum absolute atomic E-state index is 12.7. The third-order valence-electron chi connectivity index (χ3n) is 5.81. The van der Waals surface area contributed by atoms with Gasteiger partial charge in [0.2, 0.25) is 11.8 Å². The molecule has 1 saturated carbocycles. The molecular formula is C19H25N7O4. The number of fused-ring (bicyclic) bond motifs is 1. The van der Waals surface area contributed by atoms with Crippen molar-refractivity contribution in [2.24, 2.45) is 14.1 Å². The Morgan fingerprint density at radius 3 is 2.63 bits per heavy atom. The summed E-state index contributed by atoms with van der Waals surface area (Å²) in [5.41, 5.74) is -0.687. The van der Waals surface area contributed by atoms with Gasteiger partial charge in [0.05, 0.1) is 6.33 Å². The molecule has 3 aromatic heterocycles. The van der Waals surface area contributed by atoms with Crippen LogP contribution in [-0.4, -0.2) is 34.7 Å². The van der Waals surface area contributed by atoms with Gasteiger partial charge in [-0.2, -0.15) is 4.98 Å². The fourth-order valence-corrected chi connectivity index (χ4v) is 4.18. The van der Waals surface area contributed by atoms with Gasteiger partial charge in [0.1, 0.15) is 5.54 Å². The van der Waals surface area contributed by atoms with E-state index in [-0.39, 0.29) is 12.3 Å². The van der Waals surface area contributed by atoms with Crippen molar-refractivity contribution in [3.05, 3.63) is 38.9 Å². The quantitative estimate of drug-likeness (QED) is 0.620. The average molecular weight is 415 g/mol. The second-order valence-electron chi connectivity index (χ2n) is 7.89. The number of carbonyl (C=O) groups is 1. The van der Waals surface area contributed by atoms with E-state index >= 15 is 0 Å². The number of imidazole rings is 1. The Morgan fingerprint density at radius 2 is 1.97 bits per heavy atom. The molecule has 160 valence electrons. The van der Waals surface area contributed by atoms with Crippen LogP contribution in [0.3, 0.4) is 0 Å². The van der Waals surface area contributed by atoms with Crippen LogP contribution >= 0.6 is 0 Å². The lowest BCUT2D eigenvalue weighted by molar-refractivity contribution is -0.123. The Kier molecular flexibility index (Phi) is 5.04. The van der Waals surface area contributed by atoms with Gasteiger partial charge in [-0.1, -0.05) is 18.0 Å². The molecule has 0 saturated heterocycles. The van der Waals surface area contributed by atoms with Gasteiger partial charge in [0.15, 0.2) is 17.0 Å². The van der Waals surface area contributed by atoms with Crippen molar-refractivity contribution in [3.63, 3.8) is 0 Å². The first-order valence-corrected chi connectivity index (χ1v) is 10.0. The number of nitrogens with one attached hydrogen (secondary N) is 1. The molecule has 0 aromatic carbocycles. The molecule has 1 fully saturated rings. The predicted molar refractivity (Wildman–Crippen MR) is 107 cm³/mol. The van der Waals surface area contributed by atoms with E-state index in [0.717, 1.165) is 30.3 Å². The highest BCUT2D eigenvalue weighted by molar-refractivity contribution is 5.77. The molecule has 11 nitrogen and oxygen atoms in total. The van der Waals surface area contributed by atoms with E-state index < -0.39 is 16.8 Å². The molecule has 1 aliphatic carbocycles. The zero-order valence-corrected chi connectivity index (χ0v) is 17.3. The molecule has 0 spiro atoms. The summed E-state index contributed by atoms with van der Waals surface area (Å²) in [4.78, 5) is 45.7. The molecule has 3 heterocycles. The summed E-state index contributed by atoms with van der Waals surface area (Å²) in [5, 5.41) is 7.15. The maximum Gasteiger partial charge on any atom is 0.332 e. The summed E-state index contributed by atoms with van der Waals surface area (Å²) in [6.45, 7) is 2.17. The minimum Gasteiger partial charge on any atom is -0.343 e. The Hall–Kier alpha value is -3.24. The van der Waals surface area contributed by atoms with Crippen LogP contribution in [0, 0.1) is 6.92 Å². The van der Waals surface area contributed by atoms with Crippen molar-refractivity contribution >= 4 is 17.1 Å². The second-order valence-corrected chi connectivity index (χ2v) is 7.89. The van der Waals surface area contributed by atoms with Gasteiger partial charge in [-0.15, -0.1) is 0 Å². The zero-order valence-electron chi connectivity index (χ0n) is 17.3. The van der Waals surface area contributed by atoms with Crippen LogP contribution in [0.15, 0.2) is 20.4 Å². The highest BCUT2D eigenvalue weighted by atomic mass is 16.5. The number of aryl methyl sites for hydroxylation is 3. The lowest BCUT2D eigenvalue weighted by Gasteiger charge is -2.26. The Morgan fingerprint density at radius 1 is 1.23 bits per heavy atom. The minimum atomic E-state index is -0.565. The first-order chi connectivity index (χ1) is 14.3. The second kappa shape index (κ2) is 7.54. The van der Waals surface area contributed by atoms with E-state index in [2.05, 4.69) is 20.4 Å². The Labute approximate surface area is 171 Å². The van der Waals surface area contributed by atoms with E-state index in [1.54, 1.807) is 18.5 Å². The van der Waals surface area contributed by atoms with Crippen LogP contribution in [0.1, 0.15) is 50.2 Å². The summed E-state index contributed by atoms with van der Waals surface area (Å²) in [6.07, 6.45) is 5.90. The zero-order chi connectivity index (χ0) is 21.5.